The van der Waals surface area contributed by atoms with Crippen LogP contribution in [-0.4, -0.2) is 22.7 Å². The smallest absolute Gasteiger partial charge is 0.0954 e. The van der Waals surface area contributed by atoms with Crippen molar-refractivity contribution >= 4 is 23.7 Å². The lowest BCUT2D eigenvalue weighted by Crippen LogP contribution is -2.31. The van der Waals surface area contributed by atoms with Crippen LogP contribution in [0.25, 0.3) is 0 Å². The Bertz CT molecular complexity index is 287. The van der Waals surface area contributed by atoms with Crippen LogP contribution in [0.2, 0.25) is 0 Å². The first-order chi connectivity index (χ1) is 7.17. The first-order valence-corrected chi connectivity index (χ1v) is 6.33. The maximum Gasteiger partial charge on any atom is 0.0954 e. The van der Waals surface area contributed by atoms with Crippen molar-refractivity contribution in [3.05, 3.63) is 16.1 Å². The number of nitrogens with zero attached hydrogens (tertiary/aromatic N) is 1. The summed E-state index contributed by atoms with van der Waals surface area (Å²) in [5.74, 6) is 0.503. The fraction of sp³-hybridized carbons (Fsp3) is 0.727. The molecule has 1 unspecified atom stereocenters. The molecule has 1 atom stereocenters. The Labute approximate surface area is 108 Å². The molecule has 0 aliphatic carbocycles. The van der Waals surface area contributed by atoms with Gasteiger partial charge in [-0.1, -0.05) is 20.8 Å². The van der Waals surface area contributed by atoms with Crippen LogP contribution in [0, 0.1) is 0 Å². The van der Waals surface area contributed by atoms with E-state index in [1.807, 2.05) is 0 Å². The molecule has 0 aliphatic heterocycles. The molecule has 0 fully saturated rings. The zero-order chi connectivity index (χ0) is 11.3. The fourth-order valence-electron chi connectivity index (χ4n) is 1.26. The van der Waals surface area contributed by atoms with Gasteiger partial charge in [-0.05, 0) is 6.42 Å². The van der Waals surface area contributed by atoms with Crippen LogP contribution in [0.3, 0.4) is 0 Å². The van der Waals surface area contributed by atoms with Crippen LogP contribution >= 0.6 is 23.7 Å². The monoisotopic (exact) mass is 264 g/mol. The number of rotatable bonds is 6. The zero-order valence-corrected chi connectivity index (χ0v) is 11.7. The first kappa shape index (κ1) is 15.8. The molecule has 1 aromatic rings. The lowest BCUT2D eigenvalue weighted by molar-refractivity contribution is 0.238. The van der Waals surface area contributed by atoms with E-state index in [1.54, 1.807) is 11.3 Å². The van der Waals surface area contributed by atoms with Gasteiger partial charge in [0.1, 0.15) is 0 Å². The first-order valence-electron chi connectivity index (χ1n) is 5.45. The second kappa shape index (κ2) is 8.01. The maximum absolute atomic E-state index is 9.02. The van der Waals surface area contributed by atoms with Crippen molar-refractivity contribution in [1.82, 2.24) is 10.3 Å². The van der Waals surface area contributed by atoms with Crippen molar-refractivity contribution in [2.24, 2.45) is 0 Å². The molecule has 1 aromatic heterocycles. The predicted octanol–water partition coefficient (Wildman–Crippen LogP) is 2.55. The van der Waals surface area contributed by atoms with Gasteiger partial charge in [-0.15, -0.1) is 23.7 Å². The largest absolute Gasteiger partial charge is 0.395 e. The highest BCUT2D eigenvalue weighted by Crippen LogP contribution is 2.18. The summed E-state index contributed by atoms with van der Waals surface area (Å²) in [6.07, 6.45) is 0.942. The average molecular weight is 265 g/mol. The van der Waals surface area contributed by atoms with Gasteiger partial charge in [-0.2, -0.15) is 0 Å². The van der Waals surface area contributed by atoms with E-state index < -0.39 is 0 Å². The SMILES string of the molecule is CCC(CO)NCc1csc(C(C)C)n1.Cl. The van der Waals surface area contributed by atoms with Crippen LogP contribution in [0.5, 0.6) is 0 Å². The number of hydrogen-bond acceptors (Lipinski definition) is 4. The Kier molecular flexibility index (Phi) is 7.93. The van der Waals surface area contributed by atoms with Crippen molar-refractivity contribution < 1.29 is 5.11 Å². The summed E-state index contributed by atoms with van der Waals surface area (Å²) in [7, 11) is 0. The predicted molar refractivity (Wildman–Crippen MR) is 71.5 cm³/mol. The summed E-state index contributed by atoms with van der Waals surface area (Å²) in [5.41, 5.74) is 1.08. The summed E-state index contributed by atoms with van der Waals surface area (Å²) in [6.45, 7) is 7.31. The summed E-state index contributed by atoms with van der Waals surface area (Å²) in [4.78, 5) is 4.52. The van der Waals surface area contributed by atoms with Crippen molar-refractivity contribution in [3.63, 3.8) is 0 Å². The van der Waals surface area contributed by atoms with Gasteiger partial charge < -0.3 is 10.4 Å². The summed E-state index contributed by atoms with van der Waals surface area (Å²) in [5, 5.41) is 15.6. The average Bonchev–Trinajstić information content (AvgIpc) is 2.68. The number of aliphatic hydroxyl groups excluding tert-OH is 1. The molecule has 1 rings (SSSR count). The minimum atomic E-state index is 0. The van der Waals surface area contributed by atoms with Crippen molar-refractivity contribution in [1.29, 1.82) is 0 Å². The van der Waals surface area contributed by atoms with Gasteiger partial charge in [0.05, 0.1) is 17.3 Å². The summed E-state index contributed by atoms with van der Waals surface area (Å²) in [6, 6.07) is 0.189. The number of halogens is 1. The minimum absolute atomic E-state index is 0. The Balaban J connectivity index is 0.00000225. The van der Waals surface area contributed by atoms with Crippen LogP contribution in [0.4, 0.5) is 0 Å². The molecule has 0 amide bonds. The number of thiazole rings is 1. The molecule has 0 spiro atoms. The van der Waals surface area contributed by atoms with Crippen molar-refractivity contribution in [3.8, 4) is 0 Å². The van der Waals surface area contributed by atoms with E-state index in [-0.39, 0.29) is 25.1 Å². The second-order valence-electron chi connectivity index (χ2n) is 4.00. The van der Waals surface area contributed by atoms with Crippen LogP contribution < -0.4 is 5.32 Å². The number of hydrogen-bond donors (Lipinski definition) is 2. The molecule has 0 radical (unpaired) electrons. The highest BCUT2D eigenvalue weighted by molar-refractivity contribution is 7.09. The van der Waals surface area contributed by atoms with Crippen molar-refractivity contribution in [2.75, 3.05) is 6.61 Å². The molecular weight excluding hydrogens is 244 g/mol. The topological polar surface area (TPSA) is 45.1 Å². The third-order valence-electron chi connectivity index (χ3n) is 2.35. The van der Waals surface area contributed by atoms with Gasteiger partial charge in [0, 0.05) is 23.9 Å². The molecule has 3 nitrogen and oxygen atoms in total. The summed E-state index contributed by atoms with van der Waals surface area (Å²) < 4.78 is 0. The molecular formula is C11H21ClN2OS. The minimum Gasteiger partial charge on any atom is -0.395 e. The third kappa shape index (κ3) is 4.78. The Morgan fingerprint density at radius 1 is 1.50 bits per heavy atom. The molecule has 94 valence electrons. The molecule has 0 saturated carbocycles. The van der Waals surface area contributed by atoms with E-state index in [0.717, 1.165) is 18.7 Å². The van der Waals surface area contributed by atoms with Gasteiger partial charge in [-0.3, -0.25) is 0 Å². The van der Waals surface area contributed by atoms with Gasteiger partial charge in [-0.25, -0.2) is 4.98 Å². The van der Waals surface area contributed by atoms with Crippen LogP contribution in [0.1, 0.15) is 43.8 Å². The second-order valence-corrected chi connectivity index (χ2v) is 4.89. The Hall–Kier alpha value is -0.160. The lowest BCUT2D eigenvalue weighted by atomic mass is 10.2. The Morgan fingerprint density at radius 2 is 2.19 bits per heavy atom. The standard InChI is InChI=1S/C11H20N2OS.ClH/c1-4-9(6-14)12-5-10-7-15-11(13-10)8(2)3;/h7-9,12,14H,4-6H2,1-3H3;1H. The highest BCUT2D eigenvalue weighted by atomic mass is 35.5. The van der Waals surface area contributed by atoms with Crippen molar-refractivity contribution in [2.45, 2.75) is 45.7 Å². The Morgan fingerprint density at radius 3 is 2.62 bits per heavy atom. The van der Waals surface area contributed by atoms with Crippen LogP contribution in [0.15, 0.2) is 5.38 Å². The molecule has 0 bridgehead atoms. The summed E-state index contributed by atoms with van der Waals surface area (Å²) >= 11 is 1.71. The van der Waals surface area contributed by atoms with Gasteiger partial charge >= 0.3 is 0 Å². The lowest BCUT2D eigenvalue weighted by Gasteiger charge is -2.12. The molecule has 0 aliphatic rings. The van der Waals surface area contributed by atoms with E-state index >= 15 is 0 Å². The molecule has 0 aromatic carbocycles. The van der Waals surface area contributed by atoms with E-state index in [2.05, 4.69) is 36.5 Å². The van der Waals surface area contributed by atoms with Gasteiger partial charge in [0.25, 0.3) is 0 Å². The van der Waals surface area contributed by atoms with Gasteiger partial charge in [0.2, 0.25) is 0 Å². The molecule has 0 saturated heterocycles. The number of aromatic nitrogens is 1. The van der Waals surface area contributed by atoms with E-state index in [0.29, 0.717) is 5.92 Å². The number of aliphatic hydroxyl groups is 1. The van der Waals surface area contributed by atoms with Gasteiger partial charge in [0.15, 0.2) is 0 Å². The third-order valence-corrected chi connectivity index (χ3v) is 3.54. The normalized spacial score (nSPS) is 12.6. The van der Waals surface area contributed by atoms with E-state index in [9.17, 15) is 0 Å². The van der Waals surface area contributed by atoms with Crippen LogP contribution in [-0.2, 0) is 6.54 Å². The maximum atomic E-state index is 9.02. The fourth-order valence-corrected chi connectivity index (χ4v) is 2.09. The van der Waals surface area contributed by atoms with E-state index in [4.69, 9.17) is 5.11 Å². The van der Waals surface area contributed by atoms with E-state index in [1.165, 1.54) is 5.01 Å². The quantitative estimate of drug-likeness (QED) is 0.830. The molecule has 1 heterocycles. The highest BCUT2D eigenvalue weighted by Gasteiger charge is 2.07. The molecule has 16 heavy (non-hydrogen) atoms. The number of nitrogens with one attached hydrogen (secondary N) is 1. The molecule has 5 heteroatoms. The molecule has 2 N–H and O–H groups in total. The zero-order valence-electron chi connectivity index (χ0n) is 10.1.